The lowest BCUT2D eigenvalue weighted by atomic mass is 9.93. The summed E-state index contributed by atoms with van der Waals surface area (Å²) < 4.78 is 5.57. The number of nitrogen functional groups attached to an aromatic ring is 1. The van der Waals surface area contributed by atoms with Crippen LogP contribution in [-0.2, 0) is 6.42 Å². The number of nitriles is 1. The van der Waals surface area contributed by atoms with Gasteiger partial charge in [0.15, 0.2) is 0 Å². The Morgan fingerprint density at radius 1 is 1.00 bits per heavy atom. The Morgan fingerprint density at radius 3 is 2.42 bits per heavy atom. The smallest absolute Gasteiger partial charge is 0.250 e. The molecule has 2 aromatic carbocycles. The zero-order valence-corrected chi connectivity index (χ0v) is 14.2. The quantitative estimate of drug-likeness (QED) is 0.604. The number of hydrogen-bond donors (Lipinski definition) is 1. The Labute approximate surface area is 151 Å². The van der Waals surface area contributed by atoms with Gasteiger partial charge in [-0.05, 0) is 18.1 Å². The molecule has 126 valence electrons. The van der Waals surface area contributed by atoms with Gasteiger partial charge in [0.25, 0.3) is 0 Å². The third-order valence-electron chi connectivity index (χ3n) is 4.38. The fraction of sp³-hybridized carbons (Fsp3) is 0.0952. The van der Waals surface area contributed by atoms with Crippen molar-refractivity contribution in [3.8, 4) is 28.7 Å². The molecule has 26 heavy (non-hydrogen) atoms. The van der Waals surface area contributed by atoms with E-state index < -0.39 is 0 Å². The van der Waals surface area contributed by atoms with E-state index >= 15 is 0 Å². The predicted octanol–water partition coefficient (Wildman–Crippen LogP) is 4.19. The number of aryl methyl sites for hydroxylation is 1. The second-order valence-corrected chi connectivity index (χ2v) is 6.18. The lowest BCUT2D eigenvalue weighted by Crippen LogP contribution is -2.00. The van der Waals surface area contributed by atoms with E-state index in [4.69, 9.17) is 10.2 Å². The van der Waals surface area contributed by atoms with Gasteiger partial charge in [-0.25, -0.2) is 0 Å². The highest BCUT2D eigenvalue weighted by Crippen LogP contribution is 2.41. The van der Waals surface area contributed by atoms with Crippen molar-refractivity contribution in [2.75, 3.05) is 5.73 Å². The van der Waals surface area contributed by atoms with E-state index in [9.17, 15) is 5.26 Å². The minimum atomic E-state index is 0.0572. The minimum absolute atomic E-state index is 0.0572. The van der Waals surface area contributed by atoms with Gasteiger partial charge in [-0.2, -0.15) is 10.4 Å². The molecule has 2 heterocycles. The van der Waals surface area contributed by atoms with Gasteiger partial charge < -0.3 is 10.2 Å². The first-order valence-electron chi connectivity index (χ1n) is 8.26. The molecule has 2 N–H and O–H groups in total. The summed E-state index contributed by atoms with van der Waals surface area (Å²) in [6.45, 7) is 2.02. The van der Waals surface area contributed by atoms with Crippen LogP contribution in [0.15, 0.2) is 59.0 Å². The average Bonchev–Trinajstić information content (AvgIpc) is 3.04. The highest BCUT2D eigenvalue weighted by Gasteiger charge is 2.26. The molecule has 0 saturated carbocycles. The normalized spacial score (nSPS) is 10.8. The van der Waals surface area contributed by atoms with Crippen molar-refractivity contribution in [1.29, 1.82) is 5.26 Å². The first-order chi connectivity index (χ1) is 12.7. The van der Waals surface area contributed by atoms with Gasteiger partial charge >= 0.3 is 0 Å². The summed E-state index contributed by atoms with van der Waals surface area (Å²) in [5.41, 5.74) is 11.7. The number of rotatable bonds is 3. The Kier molecular flexibility index (Phi) is 3.86. The number of hydrogen-bond acceptors (Lipinski definition) is 5. The second-order valence-electron chi connectivity index (χ2n) is 6.18. The maximum atomic E-state index is 9.66. The monoisotopic (exact) mass is 340 g/mol. The zero-order chi connectivity index (χ0) is 18.1. The molecule has 0 unspecified atom stereocenters. The second kappa shape index (κ2) is 6.34. The van der Waals surface area contributed by atoms with Crippen LogP contribution in [0.5, 0.6) is 0 Å². The predicted molar refractivity (Wildman–Crippen MR) is 99.5 cm³/mol. The molecule has 0 spiro atoms. The van der Waals surface area contributed by atoms with E-state index in [0.717, 1.165) is 33.5 Å². The number of fused-ring (bicyclic) bond motifs is 1. The first kappa shape index (κ1) is 15.9. The van der Waals surface area contributed by atoms with Gasteiger partial charge in [0.2, 0.25) is 11.8 Å². The van der Waals surface area contributed by atoms with E-state index in [1.807, 2.05) is 61.5 Å². The van der Waals surface area contributed by atoms with Gasteiger partial charge in [0.05, 0.1) is 11.3 Å². The van der Waals surface area contributed by atoms with Crippen molar-refractivity contribution < 1.29 is 4.42 Å². The molecule has 0 fully saturated rings. The van der Waals surface area contributed by atoms with E-state index in [-0.39, 0.29) is 5.88 Å². The van der Waals surface area contributed by atoms with Crippen LogP contribution < -0.4 is 5.73 Å². The third kappa shape index (κ3) is 2.68. The Bertz CT molecular complexity index is 1080. The van der Waals surface area contributed by atoms with Gasteiger partial charge in [-0.1, -0.05) is 60.2 Å². The Morgan fingerprint density at radius 2 is 1.73 bits per heavy atom. The van der Waals surface area contributed by atoms with Gasteiger partial charge in [0.1, 0.15) is 11.6 Å². The summed E-state index contributed by atoms with van der Waals surface area (Å²) in [7, 11) is 0. The van der Waals surface area contributed by atoms with Crippen molar-refractivity contribution in [2.45, 2.75) is 13.3 Å². The molecule has 5 nitrogen and oxygen atoms in total. The SMILES string of the molecule is Cc1ccc(-c2c(C#N)c(N)oc3nnc(Cc4ccccc4)c2-3)cc1. The highest BCUT2D eigenvalue weighted by molar-refractivity contribution is 5.89. The number of aromatic nitrogens is 2. The van der Waals surface area contributed by atoms with Crippen LogP contribution in [0.1, 0.15) is 22.4 Å². The van der Waals surface area contributed by atoms with Crippen molar-refractivity contribution in [2.24, 2.45) is 0 Å². The summed E-state index contributed by atoms with van der Waals surface area (Å²) in [4.78, 5) is 0. The van der Waals surface area contributed by atoms with E-state index in [2.05, 4.69) is 16.3 Å². The van der Waals surface area contributed by atoms with Crippen LogP contribution in [0.3, 0.4) is 0 Å². The van der Waals surface area contributed by atoms with Gasteiger partial charge in [0, 0.05) is 12.0 Å². The number of anilines is 1. The summed E-state index contributed by atoms with van der Waals surface area (Å²) in [5, 5.41) is 18.1. The van der Waals surface area contributed by atoms with Crippen LogP contribution in [0.25, 0.3) is 22.6 Å². The van der Waals surface area contributed by atoms with Crippen molar-refractivity contribution >= 4 is 5.88 Å². The number of benzene rings is 2. The molecular formula is C21H16N4O. The van der Waals surface area contributed by atoms with Crippen LogP contribution in [0, 0.1) is 18.3 Å². The van der Waals surface area contributed by atoms with Crippen molar-refractivity contribution in [3.05, 3.63) is 77.0 Å². The summed E-state index contributed by atoms with van der Waals surface area (Å²) in [5.74, 6) is 0.407. The van der Waals surface area contributed by atoms with E-state index in [1.165, 1.54) is 0 Å². The van der Waals surface area contributed by atoms with Crippen LogP contribution in [0.4, 0.5) is 5.88 Å². The molecule has 0 aliphatic carbocycles. The molecular weight excluding hydrogens is 324 g/mol. The van der Waals surface area contributed by atoms with Crippen LogP contribution >= 0.6 is 0 Å². The Hall–Kier alpha value is -3.65. The molecule has 0 amide bonds. The molecule has 2 aliphatic heterocycles. The minimum Gasteiger partial charge on any atom is -0.419 e. The zero-order valence-electron chi connectivity index (χ0n) is 14.2. The van der Waals surface area contributed by atoms with Crippen molar-refractivity contribution in [1.82, 2.24) is 10.2 Å². The standard InChI is InChI=1S/C21H16N4O/c1-13-7-9-15(10-8-13)18-16(12-22)20(23)26-21-19(18)17(24-25-21)11-14-5-3-2-4-6-14/h2-10H,11,23H2,1H3. The molecule has 0 atom stereocenters. The molecule has 0 radical (unpaired) electrons. The molecule has 5 heteroatoms. The maximum Gasteiger partial charge on any atom is 0.250 e. The largest absolute Gasteiger partial charge is 0.419 e. The van der Waals surface area contributed by atoms with E-state index in [0.29, 0.717) is 17.9 Å². The fourth-order valence-electron chi connectivity index (χ4n) is 3.09. The fourth-order valence-corrected chi connectivity index (χ4v) is 3.09. The molecule has 0 aromatic heterocycles. The number of nitrogens with two attached hydrogens (primary N) is 1. The lowest BCUT2D eigenvalue weighted by Gasteiger charge is -2.12. The average molecular weight is 340 g/mol. The lowest BCUT2D eigenvalue weighted by molar-refractivity contribution is 0.566. The van der Waals surface area contributed by atoms with Crippen LogP contribution in [0.2, 0.25) is 0 Å². The Balaban J connectivity index is 1.96. The third-order valence-corrected chi connectivity index (χ3v) is 4.38. The highest BCUT2D eigenvalue weighted by atomic mass is 16.4. The summed E-state index contributed by atoms with van der Waals surface area (Å²) in [6, 6.07) is 20.1. The molecule has 4 rings (SSSR count). The summed E-state index contributed by atoms with van der Waals surface area (Å²) in [6.07, 6.45) is 0.598. The summed E-state index contributed by atoms with van der Waals surface area (Å²) >= 11 is 0. The van der Waals surface area contributed by atoms with Crippen LogP contribution in [-0.4, -0.2) is 10.2 Å². The van der Waals surface area contributed by atoms with Crippen molar-refractivity contribution in [3.63, 3.8) is 0 Å². The number of nitrogens with zero attached hydrogens (tertiary/aromatic N) is 3. The molecule has 2 aliphatic rings. The topological polar surface area (TPSA) is 88.7 Å². The molecule has 0 bridgehead atoms. The van der Waals surface area contributed by atoms with Gasteiger partial charge in [-0.3, -0.25) is 0 Å². The molecule has 0 saturated heterocycles. The van der Waals surface area contributed by atoms with Gasteiger partial charge in [-0.15, -0.1) is 5.10 Å². The van der Waals surface area contributed by atoms with E-state index in [1.54, 1.807) is 0 Å². The first-order valence-corrected chi connectivity index (χ1v) is 8.26. The molecule has 2 aromatic rings. The maximum absolute atomic E-state index is 9.66.